The summed E-state index contributed by atoms with van der Waals surface area (Å²) in [5.74, 6) is -0.432. The molecule has 0 radical (unpaired) electrons. The Hall–Kier alpha value is -0.690. The van der Waals surface area contributed by atoms with Crippen LogP contribution in [0.25, 0.3) is 0 Å². The Balaban J connectivity index is 2.25. The molecule has 0 aromatic carbocycles. The number of hydrogen-bond donors (Lipinski definition) is 4. The topological polar surface area (TPSA) is 107 Å². The summed E-state index contributed by atoms with van der Waals surface area (Å²) in [7, 11) is 0. The van der Waals surface area contributed by atoms with Crippen LogP contribution in [0.3, 0.4) is 0 Å². The Morgan fingerprint density at radius 2 is 1.95 bits per heavy atom. The van der Waals surface area contributed by atoms with Gasteiger partial charge in [0.25, 0.3) is 0 Å². The van der Waals surface area contributed by atoms with Crippen molar-refractivity contribution in [3.63, 3.8) is 0 Å². The van der Waals surface area contributed by atoms with Gasteiger partial charge in [-0.3, -0.25) is 4.79 Å². The highest BCUT2D eigenvalue weighted by Gasteiger charge is 2.80. The minimum absolute atomic E-state index is 0.00387. The molecule has 0 spiro atoms. The summed E-state index contributed by atoms with van der Waals surface area (Å²) in [4.78, 5) is 11.9. The molecule has 3 rings (SSSR count). The third kappa shape index (κ3) is 1.36. The van der Waals surface area contributed by atoms with Crippen molar-refractivity contribution < 1.29 is 30.0 Å². The van der Waals surface area contributed by atoms with Gasteiger partial charge in [-0.05, 0) is 25.7 Å². The molecule has 7 unspecified atom stereocenters. The molecule has 6 nitrogen and oxygen atoms in total. The van der Waals surface area contributed by atoms with E-state index >= 15 is 0 Å². The van der Waals surface area contributed by atoms with Gasteiger partial charge in [-0.15, -0.1) is 0 Å². The zero-order valence-corrected chi connectivity index (χ0v) is 12.7. The molecule has 0 aromatic heterocycles. The summed E-state index contributed by atoms with van der Waals surface area (Å²) in [5.41, 5.74) is -5.48. The molecule has 0 amide bonds. The van der Waals surface area contributed by atoms with Gasteiger partial charge >= 0.3 is 5.97 Å². The van der Waals surface area contributed by atoms with E-state index in [2.05, 4.69) is 0 Å². The van der Waals surface area contributed by atoms with Crippen molar-refractivity contribution in [3.05, 3.63) is 0 Å². The van der Waals surface area contributed by atoms with Gasteiger partial charge in [0.15, 0.2) is 0 Å². The minimum Gasteiger partial charge on any atom is -0.459 e. The average molecular weight is 300 g/mol. The molecule has 2 aliphatic carbocycles. The molecular weight excluding hydrogens is 276 g/mol. The second kappa shape index (κ2) is 3.98. The van der Waals surface area contributed by atoms with Crippen LogP contribution in [-0.2, 0) is 9.53 Å². The molecule has 2 bridgehead atoms. The fourth-order valence-corrected chi connectivity index (χ4v) is 5.23. The van der Waals surface area contributed by atoms with Crippen LogP contribution in [0.4, 0.5) is 0 Å². The first-order valence-corrected chi connectivity index (χ1v) is 7.50. The van der Waals surface area contributed by atoms with Gasteiger partial charge < -0.3 is 25.2 Å². The summed E-state index contributed by atoms with van der Waals surface area (Å²) in [6.45, 7) is 4.42. The summed E-state index contributed by atoms with van der Waals surface area (Å²) in [5, 5.41) is 42.7. The Bertz CT molecular complexity index is 491. The van der Waals surface area contributed by atoms with E-state index in [1.54, 1.807) is 6.92 Å². The lowest BCUT2D eigenvalue weighted by molar-refractivity contribution is -0.335. The van der Waals surface area contributed by atoms with Gasteiger partial charge in [-0.1, -0.05) is 13.8 Å². The molecule has 1 saturated heterocycles. The van der Waals surface area contributed by atoms with Gasteiger partial charge in [0.05, 0.1) is 30.1 Å². The van der Waals surface area contributed by atoms with Crippen LogP contribution in [-0.4, -0.2) is 56.4 Å². The predicted octanol–water partition coefficient (Wildman–Crippen LogP) is -0.427. The molecule has 2 saturated carbocycles. The third-order valence-electron chi connectivity index (χ3n) is 6.95. The Morgan fingerprint density at radius 3 is 2.52 bits per heavy atom. The number of rotatable bonds is 1. The number of aliphatic hydroxyl groups excluding tert-OH is 2. The molecule has 3 fully saturated rings. The molecule has 1 aliphatic heterocycles. The highest BCUT2D eigenvalue weighted by atomic mass is 16.6. The number of ether oxygens (including phenoxy) is 1. The molecule has 1 heterocycles. The standard InChI is InChI=1S/C15H24O6/c1-8-4-10-15(20)12(2,7-16)13(3,19)9(17)5-14(8,15)6-11(18)21-10/h8-10,16-17,19-20H,4-7H2,1-3H3. The van der Waals surface area contributed by atoms with Gasteiger partial charge in [-0.2, -0.15) is 0 Å². The van der Waals surface area contributed by atoms with Crippen LogP contribution in [0, 0.1) is 16.7 Å². The minimum atomic E-state index is -1.67. The van der Waals surface area contributed by atoms with E-state index < -0.39 is 40.8 Å². The number of esters is 1. The van der Waals surface area contributed by atoms with Crippen molar-refractivity contribution >= 4 is 5.97 Å². The SMILES string of the molecule is CC1CC2OC(=O)CC13CC(O)C(C)(O)C(C)(CO)C23O. The Morgan fingerprint density at radius 1 is 1.33 bits per heavy atom. The van der Waals surface area contributed by atoms with E-state index in [4.69, 9.17) is 4.74 Å². The second-order valence-corrected chi connectivity index (χ2v) is 7.57. The number of carbonyl (C=O) groups is 1. The van der Waals surface area contributed by atoms with Crippen LogP contribution in [0.2, 0.25) is 0 Å². The lowest BCUT2D eigenvalue weighted by atomic mass is 9.44. The lowest BCUT2D eigenvalue weighted by Crippen LogP contribution is -2.79. The highest BCUT2D eigenvalue weighted by Crippen LogP contribution is 2.70. The maximum atomic E-state index is 11.9. The maximum Gasteiger partial charge on any atom is 0.306 e. The van der Waals surface area contributed by atoms with Gasteiger partial charge in [0.1, 0.15) is 11.7 Å². The first kappa shape index (κ1) is 15.2. The summed E-state index contributed by atoms with van der Waals surface area (Å²) < 4.78 is 5.35. The van der Waals surface area contributed by atoms with E-state index in [0.29, 0.717) is 6.42 Å². The monoisotopic (exact) mass is 300 g/mol. The van der Waals surface area contributed by atoms with Crippen LogP contribution < -0.4 is 0 Å². The molecule has 120 valence electrons. The van der Waals surface area contributed by atoms with Crippen molar-refractivity contribution in [3.8, 4) is 0 Å². The van der Waals surface area contributed by atoms with Gasteiger partial charge in [-0.25, -0.2) is 0 Å². The van der Waals surface area contributed by atoms with Gasteiger partial charge in [0, 0.05) is 5.41 Å². The zero-order chi connectivity index (χ0) is 15.8. The first-order valence-electron chi connectivity index (χ1n) is 7.50. The molecule has 3 aliphatic rings. The van der Waals surface area contributed by atoms with E-state index in [1.807, 2.05) is 6.92 Å². The van der Waals surface area contributed by atoms with Crippen molar-refractivity contribution in [1.29, 1.82) is 0 Å². The maximum absolute atomic E-state index is 11.9. The van der Waals surface area contributed by atoms with Crippen LogP contribution in [0.1, 0.15) is 40.0 Å². The fourth-order valence-electron chi connectivity index (χ4n) is 5.23. The average Bonchev–Trinajstić information content (AvgIpc) is 2.52. The molecule has 0 aromatic rings. The molecule has 21 heavy (non-hydrogen) atoms. The van der Waals surface area contributed by atoms with Crippen LogP contribution >= 0.6 is 0 Å². The van der Waals surface area contributed by atoms with E-state index in [-0.39, 0.29) is 24.7 Å². The first-order chi connectivity index (χ1) is 9.57. The molecule has 7 atom stereocenters. The Kier molecular flexibility index (Phi) is 2.89. The van der Waals surface area contributed by atoms with E-state index in [0.717, 1.165) is 0 Å². The molecule has 6 heteroatoms. The summed E-state index contributed by atoms with van der Waals surface area (Å²) >= 11 is 0. The van der Waals surface area contributed by atoms with Crippen LogP contribution in [0.15, 0.2) is 0 Å². The summed E-state index contributed by atoms with van der Waals surface area (Å²) in [6, 6.07) is 0. The van der Waals surface area contributed by atoms with Crippen molar-refractivity contribution in [2.75, 3.05) is 6.61 Å². The van der Waals surface area contributed by atoms with E-state index in [9.17, 15) is 25.2 Å². The normalized spacial score (nSPS) is 59.6. The summed E-state index contributed by atoms with van der Waals surface area (Å²) in [6.07, 6.45) is -1.28. The van der Waals surface area contributed by atoms with Gasteiger partial charge in [0.2, 0.25) is 0 Å². The zero-order valence-electron chi connectivity index (χ0n) is 12.7. The smallest absolute Gasteiger partial charge is 0.306 e. The Labute approximate surface area is 123 Å². The lowest BCUT2D eigenvalue weighted by Gasteiger charge is -2.66. The van der Waals surface area contributed by atoms with Crippen LogP contribution in [0.5, 0.6) is 0 Å². The number of hydrogen-bond acceptors (Lipinski definition) is 6. The second-order valence-electron chi connectivity index (χ2n) is 7.57. The molecular formula is C15H24O6. The molecule has 4 N–H and O–H groups in total. The van der Waals surface area contributed by atoms with Crippen molar-refractivity contribution in [1.82, 2.24) is 0 Å². The van der Waals surface area contributed by atoms with Crippen molar-refractivity contribution in [2.24, 2.45) is 16.7 Å². The largest absolute Gasteiger partial charge is 0.459 e. The predicted molar refractivity (Wildman–Crippen MR) is 72.1 cm³/mol. The number of aliphatic hydroxyl groups is 4. The highest BCUT2D eigenvalue weighted by molar-refractivity contribution is 5.73. The third-order valence-corrected chi connectivity index (χ3v) is 6.95. The fraction of sp³-hybridized carbons (Fsp3) is 0.933. The number of carbonyl (C=O) groups excluding carboxylic acids is 1. The van der Waals surface area contributed by atoms with Crippen molar-refractivity contribution in [2.45, 2.75) is 63.4 Å². The quantitative estimate of drug-likeness (QED) is 0.490. The van der Waals surface area contributed by atoms with E-state index in [1.165, 1.54) is 6.92 Å².